The van der Waals surface area contributed by atoms with Gasteiger partial charge in [0.15, 0.2) is 0 Å². The number of hydrogen-bond acceptors (Lipinski definition) is 5. The lowest BCUT2D eigenvalue weighted by atomic mass is 10.1. The first-order chi connectivity index (χ1) is 14.5. The predicted molar refractivity (Wildman–Crippen MR) is 120 cm³/mol. The Hall–Kier alpha value is -2.55. The number of thioether (sulfide) groups is 1. The van der Waals surface area contributed by atoms with Gasteiger partial charge in [0.1, 0.15) is 10.1 Å². The van der Waals surface area contributed by atoms with Crippen LogP contribution in [-0.2, 0) is 16.0 Å². The largest absolute Gasteiger partial charge is 0.394 e. The van der Waals surface area contributed by atoms with Crippen molar-refractivity contribution >= 4 is 46.2 Å². The predicted octanol–water partition coefficient (Wildman–Crippen LogP) is 3.14. The van der Waals surface area contributed by atoms with Crippen LogP contribution in [0.2, 0.25) is 0 Å². The Morgan fingerprint density at radius 1 is 1.23 bits per heavy atom. The third-order valence-corrected chi connectivity index (χ3v) is 5.87. The second kappa shape index (κ2) is 10.5. The monoisotopic (exact) mass is 444 g/mol. The van der Waals surface area contributed by atoms with Gasteiger partial charge in [0.05, 0.1) is 17.6 Å². The number of nitrogens with one attached hydrogen (secondary N) is 1. The van der Waals surface area contributed by atoms with Crippen molar-refractivity contribution < 1.29 is 19.1 Å². The van der Waals surface area contributed by atoms with Crippen molar-refractivity contribution in [3.05, 3.63) is 76.4 Å². The molecule has 0 bridgehead atoms. The molecule has 0 unspecified atom stereocenters. The van der Waals surface area contributed by atoms with Gasteiger partial charge in [-0.15, -0.1) is 0 Å². The smallest absolute Gasteiger partial charge is 0.266 e. The van der Waals surface area contributed by atoms with Crippen LogP contribution in [0.1, 0.15) is 17.5 Å². The summed E-state index contributed by atoms with van der Waals surface area (Å²) in [6.07, 6.45) is 2.16. The summed E-state index contributed by atoms with van der Waals surface area (Å²) in [5, 5.41) is 12.3. The molecule has 0 saturated carbocycles. The van der Waals surface area contributed by atoms with Crippen LogP contribution >= 0.6 is 24.0 Å². The molecule has 2 amide bonds. The summed E-state index contributed by atoms with van der Waals surface area (Å²) in [5.74, 6) is -0.956. The summed E-state index contributed by atoms with van der Waals surface area (Å²) in [6, 6.07) is 15.1. The summed E-state index contributed by atoms with van der Waals surface area (Å²) in [7, 11) is 0. The molecule has 1 fully saturated rings. The van der Waals surface area contributed by atoms with E-state index in [1.165, 1.54) is 17.0 Å². The third kappa shape index (κ3) is 5.98. The summed E-state index contributed by atoms with van der Waals surface area (Å²) in [6.45, 7) is -0.0431. The first-order valence-electron chi connectivity index (χ1n) is 9.41. The fourth-order valence-electron chi connectivity index (χ4n) is 3.01. The van der Waals surface area contributed by atoms with Gasteiger partial charge in [-0.05, 0) is 35.8 Å². The van der Waals surface area contributed by atoms with E-state index in [0.717, 1.165) is 17.3 Å². The summed E-state index contributed by atoms with van der Waals surface area (Å²) >= 11 is 6.40. The highest BCUT2D eigenvalue weighted by Crippen LogP contribution is 2.32. The Bertz CT molecular complexity index is 966. The lowest BCUT2D eigenvalue weighted by molar-refractivity contribution is -0.124. The van der Waals surface area contributed by atoms with Gasteiger partial charge in [-0.2, -0.15) is 0 Å². The fraction of sp³-hybridized carbons (Fsp3) is 0.227. The molecule has 5 nitrogen and oxygen atoms in total. The van der Waals surface area contributed by atoms with Crippen LogP contribution in [0.3, 0.4) is 0 Å². The number of hydrogen-bond donors (Lipinski definition) is 2. The van der Waals surface area contributed by atoms with E-state index in [9.17, 15) is 19.1 Å². The molecule has 1 saturated heterocycles. The van der Waals surface area contributed by atoms with Crippen molar-refractivity contribution in [2.75, 3.05) is 13.2 Å². The van der Waals surface area contributed by atoms with Crippen LogP contribution in [-0.4, -0.2) is 45.3 Å². The van der Waals surface area contributed by atoms with Crippen LogP contribution in [0.5, 0.6) is 0 Å². The van der Waals surface area contributed by atoms with Crippen LogP contribution in [0.15, 0.2) is 59.5 Å². The summed E-state index contributed by atoms with van der Waals surface area (Å²) in [4.78, 5) is 26.7. The van der Waals surface area contributed by atoms with Crippen LogP contribution in [0.25, 0.3) is 6.08 Å². The van der Waals surface area contributed by atoms with Gasteiger partial charge in [-0.1, -0.05) is 66.4 Å². The molecule has 2 aromatic carbocycles. The number of nitrogens with zero attached hydrogens (tertiary/aromatic N) is 1. The summed E-state index contributed by atoms with van der Waals surface area (Å²) in [5.41, 5.74) is 1.58. The molecule has 3 rings (SSSR count). The number of carbonyl (C=O) groups is 2. The highest BCUT2D eigenvalue weighted by Gasteiger charge is 2.32. The average Bonchev–Trinajstić information content (AvgIpc) is 2.99. The highest BCUT2D eigenvalue weighted by molar-refractivity contribution is 8.26. The van der Waals surface area contributed by atoms with Crippen molar-refractivity contribution in [1.82, 2.24) is 10.2 Å². The zero-order valence-electron chi connectivity index (χ0n) is 16.1. The minimum Gasteiger partial charge on any atom is -0.394 e. The number of carbonyl (C=O) groups excluding carboxylic acids is 2. The molecule has 2 N–H and O–H groups in total. The van der Waals surface area contributed by atoms with Crippen LogP contribution in [0, 0.1) is 5.82 Å². The lowest BCUT2D eigenvalue weighted by Gasteiger charge is -2.18. The number of benzene rings is 2. The van der Waals surface area contributed by atoms with E-state index in [4.69, 9.17) is 12.2 Å². The Kier molecular flexibility index (Phi) is 7.73. The quantitative estimate of drug-likeness (QED) is 0.484. The van der Waals surface area contributed by atoms with Crippen molar-refractivity contribution in [2.24, 2.45) is 0 Å². The molecule has 8 heteroatoms. The van der Waals surface area contributed by atoms with Crippen molar-refractivity contribution in [2.45, 2.75) is 18.9 Å². The maximum atomic E-state index is 13.4. The molecule has 0 aromatic heterocycles. The SMILES string of the molecule is O=C(CCN1C(=O)C(=Cc2cccc(F)c2)SC1=S)N[C@@H](CO)Cc1ccccc1. The number of aliphatic hydroxyl groups excluding tert-OH is 1. The van der Waals surface area contributed by atoms with E-state index >= 15 is 0 Å². The fourth-order valence-corrected chi connectivity index (χ4v) is 4.32. The molecule has 156 valence electrons. The van der Waals surface area contributed by atoms with E-state index in [2.05, 4.69) is 5.32 Å². The average molecular weight is 445 g/mol. The molecule has 0 aliphatic carbocycles. The first kappa shape index (κ1) is 22.1. The highest BCUT2D eigenvalue weighted by atomic mass is 32.2. The van der Waals surface area contributed by atoms with Gasteiger partial charge in [0, 0.05) is 13.0 Å². The zero-order chi connectivity index (χ0) is 21.5. The van der Waals surface area contributed by atoms with E-state index in [1.54, 1.807) is 18.2 Å². The second-order valence-corrected chi connectivity index (χ2v) is 8.45. The van der Waals surface area contributed by atoms with Crippen molar-refractivity contribution in [3.63, 3.8) is 0 Å². The Morgan fingerprint density at radius 3 is 2.70 bits per heavy atom. The van der Waals surface area contributed by atoms with E-state index in [-0.39, 0.29) is 37.2 Å². The minimum absolute atomic E-state index is 0.0605. The van der Waals surface area contributed by atoms with Gasteiger partial charge in [-0.3, -0.25) is 14.5 Å². The molecule has 30 heavy (non-hydrogen) atoms. The molecular formula is C22H21FN2O3S2. The van der Waals surface area contributed by atoms with E-state index in [1.807, 2.05) is 30.3 Å². The second-order valence-electron chi connectivity index (χ2n) is 6.78. The number of aliphatic hydroxyl groups is 1. The molecule has 1 heterocycles. The first-order valence-corrected chi connectivity index (χ1v) is 10.6. The van der Waals surface area contributed by atoms with Gasteiger partial charge in [-0.25, -0.2) is 4.39 Å². The molecule has 1 aliphatic rings. The van der Waals surface area contributed by atoms with Gasteiger partial charge in [0.2, 0.25) is 5.91 Å². The molecule has 0 radical (unpaired) electrons. The standard InChI is InChI=1S/C22H21FN2O3S2/c23-17-8-4-7-16(11-17)13-19-21(28)25(22(29)30-19)10-9-20(27)24-18(14-26)12-15-5-2-1-3-6-15/h1-8,11,13,18,26H,9-10,12,14H2,(H,24,27)/t18-/m1/s1. The van der Waals surface area contributed by atoms with E-state index in [0.29, 0.717) is 21.2 Å². The van der Waals surface area contributed by atoms with Crippen LogP contribution < -0.4 is 5.32 Å². The molecule has 1 aliphatic heterocycles. The Morgan fingerprint density at radius 2 is 2.00 bits per heavy atom. The minimum atomic E-state index is -0.404. The zero-order valence-corrected chi connectivity index (χ0v) is 17.7. The topological polar surface area (TPSA) is 69.6 Å². The third-order valence-electron chi connectivity index (χ3n) is 4.49. The number of thiocarbonyl (C=S) groups is 1. The van der Waals surface area contributed by atoms with Gasteiger partial charge in [0.25, 0.3) is 5.91 Å². The molecule has 0 spiro atoms. The Balaban J connectivity index is 1.55. The van der Waals surface area contributed by atoms with Crippen LogP contribution in [0.4, 0.5) is 4.39 Å². The maximum absolute atomic E-state index is 13.4. The van der Waals surface area contributed by atoms with E-state index < -0.39 is 6.04 Å². The Labute approximate surface area is 184 Å². The molecular weight excluding hydrogens is 423 g/mol. The molecule has 1 atom stereocenters. The number of halogens is 1. The van der Waals surface area contributed by atoms with Crippen molar-refractivity contribution in [3.8, 4) is 0 Å². The number of amides is 2. The van der Waals surface area contributed by atoms with Gasteiger partial charge >= 0.3 is 0 Å². The normalized spacial score (nSPS) is 16.2. The lowest BCUT2D eigenvalue weighted by Crippen LogP contribution is -2.41. The number of rotatable bonds is 8. The van der Waals surface area contributed by atoms with Gasteiger partial charge < -0.3 is 10.4 Å². The molecule has 2 aromatic rings. The summed E-state index contributed by atoms with van der Waals surface area (Å²) < 4.78 is 13.7. The van der Waals surface area contributed by atoms with Crippen molar-refractivity contribution in [1.29, 1.82) is 0 Å². The maximum Gasteiger partial charge on any atom is 0.266 e.